The zero-order valence-electron chi connectivity index (χ0n) is 16.7. The molecule has 1 aliphatic heterocycles. The summed E-state index contributed by atoms with van der Waals surface area (Å²) in [6.45, 7) is 2.20. The Bertz CT molecular complexity index is 870. The van der Waals surface area contributed by atoms with Crippen LogP contribution in [0.3, 0.4) is 0 Å². The third-order valence-corrected chi connectivity index (χ3v) is 6.37. The summed E-state index contributed by atoms with van der Waals surface area (Å²) in [5.41, 5.74) is 1.38. The lowest BCUT2D eigenvalue weighted by atomic mass is 10.0. The van der Waals surface area contributed by atoms with Gasteiger partial charge >= 0.3 is 0 Å². The van der Waals surface area contributed by atoms with E-state index in [9.17, 15) is 22.3 Å². The van der Waals surface area contributed by atoms with Crippen molar-refractivity contribution < 1.29 is 27.0 Å². The highest BCUT2D eigenvalue weighted by Gasteiger charge is 2.25. The number of piperazine rings is 1. The van der Waals surface area contributed by atoms with E-state index < -0.39 is 22.2 Å². The van der Waals surface area contributed by atoms with Gasteiger partial charge in [0.1, 0.15) is 17.7 Å². The summed E-state index contributed by atoms with van der Waals surface area (Å²) in [6, 6.07) is 11.7. The molecule has 0 amide bonds. The molecule has 0 aliphatic carbocycles. The number of β-amino-alcohol motifs (C(OH)–C–C–N with tert-alkyl or cyclic N) is 1. The van der Waals surface area contributed by atoms with Gasteiger partial charge in [-0.25, -0.2) is 17.2 Å². The lowest BCUT2D eigenvalue weighted by Crippen LogP contribution is -2.50. The van der Waals surface area contributed by atoms with Gasteiger partial charge in [-0.3, -0.25) is 4.90 Å². The molecule has 164 valence electrons. The van der Waals surface area contributed by atoms with Crippen molar-refractivity contribution in [1.29, 1.82) is 0 Å². The number of aliphatic hydroxyl groups is 1. The predicted octanol–water partition coefficient (Wildman–Crippen LogP) is 2.01. The van der Waals surface area contributed by atoms with Gasteiger partial charge in [0.25, 0.3) is 0 Å². The van der Waals surface area contributed by atoms with Gasteiger partial charge in [0.15, 0.2) is 0 Å². The molecule has 1 atom stereocenters. The second kappa shape index (κ2) is 9.93. The number of sulfonamides is 1. The fourth-order valence-electron chi connectivity index (χ4n) is 3.46. The quantitative estimate of drug-likeness (QED) is 0.680. The van der Waals surface area contributed by atoms with E-state index in [1.807, 2.05) is 4.90 Å². The molecule has 3 rings (SSSR count). The highest BCUT2D eigenvalue weighted by Crippen LogP contribution is 2.27. The van der Waals surface area contributed by atoms with Gasteiger partial charge in [0, 0.05) is 32.7 Å². The van der Waals surface area contributed by atoms with Gasteiger partial charge < -0.3 is 9.84 Å². The van der Waals surface area contributed by atoms with Crippen LogP contribution in [-0.4, -0.2) is 74.4 Å². The van der Waals surface area contributed by atoms with Crippen molar-refractivity contribution in [1.82, 2.24) is 9.21 Å². The van der Waals surface area contributed by atoms with Gasteiger partial charge in [-0.2, -0.15) is 4.31 Å². The number of hydrogen-bond acceptors (Lipinski definition) is 5. The van der Waals surface area contributed by atoms with Crippen molar-refractivity contribution in [3.8, 4) is 0 Å². The summed E-state index contributed by atoms with van der Waals surface area (Å²) in [4.78, 5) is 1.99. The maximum atomic E-state index is 13.3. The van der Waals surface area contributed by atoms with Crippen LogP contribution in [0.1, 0.15) is 17.2 Å². The minimum Gasteiger partial charge on any atom is -0.389 e. The number of aliphatic hydroxyl groups excluding tert-OH is 1. The molecule has 9 heteroatoms. The molecule has 1 heterocycles. The maximum Gasteiger partial charge on any atom is 0.211 e. The Labute approximate surface area is 175 Å². The van der Waals surface area contributed by atoms with Crippen molar-refractivity contribution in [3.05, 3.63) is 71.3 Å². The van der Waals surface area contributed by atoms with E-state index in [4.69, 9.17) is 4.74 Å². The number of rotatable bonds is 8. The minimum absolute atomic E-state index is 0.0196. The third kappa shape index (κ3) is 6.29. The molecule has 1 fully saturated rings. The number of ether oxygens (including phenoxy) is 1. The van der Waals surface area contributed by atoms with Crippen LogP contribution in [0.5, 0.6) is 0 Å². The van der Waals surface area contributed by atoms with Crippen molar-refractivity contribution >= 4 is 10.0 Å². The predicted molar refractivity (Wildman–Crippen MR) is 109 cm³/mol. The molecule has 0 saturated carbocycles. The first-order valence-electron chi connectivity index (χ1n) is 9.70. The topological polar surface area (TPSA) is 70.1 Å². The summed E-state index contributed by atoms with van der Waals surface area (Å²) in [7, 11) is -3.20. The maximum absolute atomic E-state index is 13.3. The molecular weight excluding hydrogens is 414 g/mol. The van der Waals surface area contributed by atoms with E-state index in [0.717, 1.165) is 0 Å². The van der Waals surface area contributed by atoms with Gasteiger partial charge in [-0.05, 0) is 35.4 Å². The summed E-state index contributed by atoms with van der Waals surface area (Å²) >= 11 is 0. The monoisotopic (exact) mass is 440 g/mol. The van der Waals surface area contributed by atoms with E-state index in [0.29, 0.717) is 43.9 Å². The standard InChI is InChI=1S/C21H26F2N2O4S/c1-30(27,28)25-12-10-24(11-13-25)14-20(26)15-29-21(16-2-6-18(22)7-3-16)17-4-8-19(23)9-5-17/h2-9,20-21,26H,10-15H2,1H3/t20-/m1/s1. The first-order valence-corrected chi connectivity index (χ1v) is 11.6. The average Bonchev–Trinajstić information content (AvgIpc) is 2.70. The number of nitrogens with zero attached hydrogens (tertiary/aromatic N) is 2. The van der Waals surface area contributed by atoms with E-state index in [2.05, 4.69) is 0 Å². The van der Waals surface area contributed by atoms with Crippen molar-refractivity contribution in [3.63, 3.8) is 0 Å². The molecule has 0 radical (unpaired) electrons. The average molecular weight is 441 g/mol. The van der Waals surface area contributed by atoms with Crippen LogP contribution in [0, 0.1) is 11.6 Å². The Morgan fingerprint density at radius 1 is 0.933 bits per heavy atom. The number of benzene rings is 2. The first-order chi connectivity index (χ1) is 14.2. The van der Waals surface area contributed by atoms with Crippen LogP contribution in [0.15, 0.2) is 48.5 Å². The largest absolute Gasteiger partial charge is 0.389 e. The number of halogens is 2. The first kappa shape index (κ1) is 22.8. The minimum atomic E-state index is -3.20. The fraction of sp³-hybridized carbons (Fsp3) is 0.429. The molecule has 2 aromatic carbocycles. The molecule has 0 aromatic heterocycles. The van der Waals surface area contributed by atoms with Crippen LogP contribution in [0.25, 0.3) is 0 Å². The van der Waals surface area contributed by atoms with E-state index in [1.54, 1.807) is 24.3 Å². The lowest BCUT2D eigenvalue weighted by molar-refractivity contribution is -0.0117. The summed E-state index contributed by atoms with van der Waals surface area (Å²) in [5.74, 6) is -0.741. The van der Waals surface area contributed by atoms with Crippen LogP contribution < -0.4 is 0 Å². The second-order valence-corrected chi connectivity index (χ2v) is 9.42. The van der Waals surface area contributed by atoms with Crippen molar-refractivity contribution in [2.24, 2.45) is 0 Å². The van der Waals surface area contributed by atoms with Crippen molar-refractivity contribution in [2.45, 2.75) is 12.2 Å². The molecular formula is C21H26F2N2O4S. The Balaban J connectivity index is 1.60. The van der Waals surface area contributed by atoms with Crippen LogP contribution in [0.4, 0.5) is 8.78 Å². The highest BCUT2D eigenvalue weighted by atomic mass is 32.2. The normalized spacial score (nSPS) is 17.4. The second-order valence-electron chi connectivity index (χ2n) is 7.43. The molecule has 0 spiro atoms. The molecule has 2 aromatic rings. The Hall–Kier alpha value is -1.91. The fourth-order valence-corrected chi connectivity index (χ4v) is 4.29. The SMILES string of the molecule is CS(=O)(=O)N1CCN(C[C@@H](O)COC(c2ccc(F)cc2)c2ccc(F)cc2)CC1. The summed E-state index contributed by atoms with van der Waals surface area (Å²) in [5, 5.41) is 10.4. The van der Waals surface area contributed by atoms with Crippen LogP contribution >= 0.6 is 0 Å². The van der Waals surface area contributed by atoms with Gasteiger partial charge in [-0.15, -0.1) is 0 Å². The van der Waals surface area contributed by atoms with E-state index in [1.165, 1.54) is 34.8 Å². The molecule has 1 saturated heterocycles. The molecule has 30 heavy (non-hydrogen) atoms. The van der Waals surface area contributed by atoms with Gasteiger partial charge in [-0.1, -0.05) is 24.3 Å². The molecule has 1 N–H and O–H groups in total. The molecule has 6 nitrogen and oxygen atoms in total. The van der Waals surface area contributed by atoms with Crippen LogP contribution in [0.2, 0.25) is 0 Å². The zero-order valence-corrected chi connectivity index (χ0v) is 17.6. The summed E-state index contributed by atoms with van der Waals surface area (Å²) < 4.78 is 57.2. The molecule has 1 aliphatic rings. The number of hydrogen-bond donors (Lipinski definition) is 1. The molecule has 0 unspecified atom stereocenters. The zero-order chi connectivity index (χ0) is 21.7. The Kier molecular flexibility index (Phi) is 7.54. The highest BCUT2D eigenvalue weighted by molar-refractivity contribution is 7.88. The van der Waals surface area contributed by atoms with Gasteiger partial charge in [0.05, 0.1) is 19.0 Å². The van der Waals surface area contributed by atoms with E-state index in [-0.39, 0.29) is 18.2 Å². The summed E-state index contributed by atoms with van der Waals surface area (Å²) in [6.07, 6.45) is -0.183. The Morgan fingerprint density at radius 3 is 1.83 bits per heavy atom. The lowest BCUT2D eigenvalue weighted by Gasteiger charge is -2.34. The van der Waals surface area contributed by atoms with Crippen molar-refractivity contribution in [2.75, 3.05) is 45.6 Å². The van der Waals surface area contributed by atoms with Gasteiger partial charge in [0.2, 0.25) is 10.0 Å². The van der Waals surface area contributed by atoms with Crippen LogP contribution in [-0.2, 0) is 14.8 Å². The Morgan fingerprint density at radius 2 is 1.40 bits per heavy atom. The van der Waals surface area contributed by atoms with E-state index >= 15 is 0 Å². The molecule has 0 bridgehead atoms. The smallest absolute Gasteiger partial charge is 0.211 e. The third-order valence-electron chi connectivity index (χ3n) is 5.07.